The van der Waals surface area contributed by atoms with Crippen LogP contribution in [0.25, 0.3) is 11.0 Å². The Morgan fingerprint density at radius 2 is 1.72 bits per heavy atom. The van der Waals surface area contributed by atoms with Crippen LogP contribution in [0, 0.1) is 11.3 Å². The summed E-state index contributed by atoms with van der Waals surface area (Å²) >= 11 is 0. The molecule has 1 aliphatic rings. The molecule has 0 saturated carbocycles. The summed E-state index contributed by atoms with van der Waals surface area (Å²) in [7, 11) is 0. The number of aryl methyl sites for hydroxylation is 1. The lowest BCUT2D eigenvalue weighted by molar-refractivity contribution is 0.122. The largest absolute Gasteiger partial charge is 0.423 e. The van der Waals surface area contributed by atoms with Crippen LogP contribution in [0.4, 0.5) is 0 Å². The number of rotatable bonds is 5. The molecular formula is C24H25N3O2. The van der Waals surface area contributed by atoms with Crippen LogP contribution in [-0.4, -0.2) is 36.0 Å². The molecule has 1 fully saturated rings. The number of nitriles is 1. The van der Waals surface area contributed by atoms with Gasteiger partial charge in [-0.2, -0.15) is 5.26 Å². The van der Waals surface area contributed by atoms with Crippen LogP contribution in [0.5, 0.6) is 0 Å². The Balaban J connectivity index is 1.43. The third-order valence-electron chi connectivity index (χ3n) is 5.62. The summed E-state index contributed by atoms with van der Waals surface area (Å²) in [6, 6.07) is 17.8. The third kappa shape index (κ3) is 4.56. The minimum Gasteiger partial charge on any atom is -0.423 e. The van der Waals surface area contributed by atoms with E-state index in [0.717, 1.165) is 56.6 Å². The lowest BCUT2D eigenvalue weighted by atomic mass is 10.0. The molecule has 0 bridgehead atoms. The van der Waals surface area contributed by atoms with Gasteiger partial charge < -0.3 is 4.42 Å². The summed E-state index contributed by atoms with van der Waals surface area (Å²) in [5.74, 6) is 0. The summed E-state index contributed by atoms with van der Waals surface area (Å²) in [5.41, 5.74) is 4.56. The summed E-state index contributed by atoms with van der Waals surface area (Å²) in [6.45, 7) is 7.59. The normalized spacial score (nSPS) is 15.4. The van der Waals surface area contributed by atoms with E-state index >= 15 is 0 Å². The van der Waals surface area contributed by atoms with E-state index in [4.69, 9.17) is 9.68 Å². The van der Waals surface area contributed by atoms with Gasteiger partial charge in [0.25, 0.3) is 0 Å². The third-order valence-corrected chi connectivity index (χ3v) is 5.62. The van der Waals surface area contributed by atoms with Gasteiger partial charge in [0, 0.05) is 50.7 Å². The molecule has 5 nitrogen and oxygen atoms in total. The van der Waals surface area contributed by atoms with Gasteiger partial charge in [-0.25, -0.2) is 4.79 Å². The molecule has 1 aromatic heterocycles. The average molecular weight is 387 g/mol. The molecule has 29 heavy (non-hydrogen) atoms. The van der Waals surface area contributed by atoms with Crippen molar-refractivity contribution in [3.8, 4) is 6.07 Å². The Morgan fingerprint density at radius 1 is 0.966 bits per heavy atom. The predicted octanol–water partition coefficient (Wildman–Crippen LogP) is 3.54. The molecule has 0 N–H and O–H groups in total. The van der Waals surface area contributed by atoms with Crippen LogP contribution in [0.15, 0.2) is 57.7 Å². The molecule has 2 heterocycles. The Bertz CT molecular complexity index is 1110. The van der Waals surface area contributed by atoms with Gasteiger partial charge in [-0.1, -0.05) is 25.1 Å². The van der Waals surface area contributed by atoms with Gasteiger partial charge in [-0.3, -0.25) is 9.80 Å². The van der Waals surface area contributed by atoms with E-state index in [-0.39, 0.29) is 5.63 Å². The van der Waals surface area contributed by atoms with Gasteiger partial charge in [-0.15, -0.1) is 0 Å². The van der Waals surface area contributed by atoms with Crippen LogP contribution < -0.4 is 5.63 Å². The summed E-state index contributed by atoms with van der Waals surface area (Å²) in [5, 5.41) is 10.1. The second kappa shape index (κ2) is 8.60. The molecular weight excluding hydrogens is 362 g/mol. The van der Waals surface area contributed by atoms with Crippen LogP contribution in [0.2, 0.25) is 0 Å². The first kappa shape index (κ1) is 19.4. The zero-order valence-electron chi connectivity index (χ0n) is 16.7. The van der Waals surface area contributed by atoms with Gasteiger partial charge >= 0.3 is 5.63 Å². The van der Waals surface area contributed by atoms with E-state index in [9.17, 15) is 4.79 Å². The monoisotopic (exact) mass is 387 g/mol. The fraction of sp³-hybridized carbons (Fsp3) is 0.333. The molecule has 0 unspecified atom stereocenters. The second-order valence-corrected chi connectivity index (χ2v) is 7.64. The number of benzene rings is 2. The van der Waals surface area contributed by atoms with Gasteiger partial charge in [0.2, 0.25) is 0 Å². The number of fused-ring (bicyclic) bond motifs is 1. The molecule has 4 rings (SSSR count). The van der Waals surface area contributed by atoms with Crippen molar-refractivity contribution >= 4 is 11.0 Å². The minimum atomic E-state index is -0.284. The second-order valence-electron chi connectivity index (χ2n) is 7.64. The Hall–Kier alpha value is -2.94. The number of nitrogens with zero attached hydrogens (tertiary/aromatic N) is 3. The zero-order chi connectivity index (χ0) is 20.2. The quantitative estimate of drug-likeness (QED) is 0.627. The van der Waals surface area contributed by atoms with E-state index in [1.165, 1.54) is 11.1 Å². The smallest absolute Gasteiger partial charge is 0.336 e. The maximum absolute atomic E-state index is 12.0. The van der Waals surface area contributed by atoms with Gasteiger partial charge in [0.05, 0.1) is 11.6 Å². The Labute approximate surface area is 170 Å². The first-order chi connectivity index (χ1) is 14.1. The van der Waals surface area contributed by atoms with Crippen LogP contribution in [-0.2, 0) is 19.5 Å². The molecule has 2 aromatic carbocycles. The molecule has 1 aliphatic heterocycles. The standard InChI is InChI=1S/C24H25N3O2/c1-2-18-6-7-23-22(13-18)21(14-24(28)29-23)17-27-10-8-26(9-11-27)16-20-5-3-4-19(12-20)15-25/h3-7,12-14H,2,8-11,16-17H2,1H3. The van der Waals surface area contributed by atoms with Crippen LogP contribution >= 0.6 is 0 Å². The van der Waals surface area contributed by atoms with Gasteiger partial charge in [0.1, 0.15) is 5.58 Å². The molecule has 3 aromatic rings. The Morgan fingerprint density at radius 3 is 2.45 bits per heavy atom. The van der Waals surface area contributed by atoms with E-state index in [0.29, 0.717) is 11.1 Å². The van der Waals surface area contributed by atoms with E-state index in [1.807, 2.05) is 30.3 Å². The minimum absolute atomic E-state index is 0.284. The van der Waals surface area contributed by atoms with Crippen molar-refractivity contribution in [2.24, 2.45) is 0 Å². The highest BCUT2D eigenvalue weighted by Crippen LogP contribution is 2.21. The van der Waals surface area contributed by atoms with Crippen molar-refractivity contribution < 1.29 is 4.42 Å². The average Bonchev–Trinajstić information content (AvgIpc) is 2.75. The first-order valence-corrected chi connectivity index (χ1v) is 10.1. The fourth-order valence-corrected chi connectivity index (χ4v) is 3.97. The highest BCUT2D eigenvalue weighted by atomic mass is 16.4. The fourth-order valence-electron chi connectivity index (χ4n) is 3.97. The highest BCUT2D eigenvalue weighted by Gasteiger charge is 2.18. The van der Waals surface area contributed by atoms with Crippen molar-refractivity contribution in [3.63, 3.8) is 0 Å². The molecule has 1 saturated heterocycles. The number of piperazine rings is 1. The molecule has 0 spiro atoms. The SMILES string of the molecule is CCc1ccc2oc(=O)cc(CN3CCN(Cc4cccc(C#N)c4)CC3)c2c1. The van der Waals surface area contributed by atoms with E-state index in [2.05, 4.69) is 34.9 Å². The van der Waals surface area contributed by atoms with Crippen LogP contribution in [0.1, 0.15) is 29.2 Å². The van der Waals surface area contributed by atoms with Crippen molar-refractivity contribution in [3.05, 3.63) is 81.2 Å². The first-order valence-electron chi connectivity index (χ1n) is 10.1. The predicted molar refractivity (Wildman–Crippen MR) is 114 cm³/mol. The van der Waals surface area contributed by atoms with Crippen molar-refractivity contribution in [2.75, 3.05) is 26.2 Å². The molecule has 5 heteroatoms. The molecule has 0 atom stereocenters. The summed E-state index contributed by atoms with van der Waals surface area (Å²) < 4.78 is 5.39. The molecule has 148 valence electrons. The maximum atomic E-state index is 12.0. The number of hydrogen-bond donors (Lipinski definition) is 0. The lowest BCUT2D eigenvalue weighted by Crippen LogP contribution is -2.45. The highest BCUT2D eigenvalue weighted by molar-refractivity contribution is 5.80. The molecule has 0 aliphatic carbocycles. The maximum Gasteiger partial charge on any atom is 0.336 e. The van der Waals surface area contributed by atoms with Crippen molar-refractivity contribution in [1.29, 1.82) is 5.26 Å². The van der Waals surface area contributed by atoms with Crippen molar-refractivity contribution in [1.82, 2.24) is 9.80 Å². The van der Waals surface area contributed by atoms with Crippen molar-refractivity contribution in [2.45, 2.75) is 26.4 Å². The summed E-state index contributed by atoms with van der Waals surface area (Å²) in [6.07, 6.45) is 0.959. The zero-order valence-corrected chi connectivity index (χ0v) is 16.7. The van der Waals surface area contributed by atoms with Gasteiger partial charge in [-0.05, 0) is 47.4 Å². The van der Waals surface area contributed by atoms with Gasteiger partial charge in [0.15, 0.2) is 0 Å². The van der Waals surface area contributed by atoms with Crippen LogP contribution in [0.3, 0.4) is 0 Å². The van der Waals surface area contributed by atoms with E-state index in [1.54, 1.807) is 6.07 Å². The summed E-state index contributed by atoms with van der Waals surface area (Å²) in [4.78, 5) is 16.8. The Kier molecular flexibility index (Phi) is 5.75. The van der Waals surface area contributed by atoms with E-state index < -0.39 is 0 Å². The molecule has 0 radical (unpaired) electrons. The lowest BCUT2D eigenvalue weighted by Gasteiger charge is -2.34. The topological polar surface area (TPSA) is 60.5 Å². The number of hydrogen-bond acceptors (Lipinski definition) is 5. The molecule has 0 amide bonds.